The molecule has 0 unspecified atom stereocenters. The molecule has 0 bridgehead atoms. The van der Waals surface area contributed by atoms with Crippen molar-refractivity contribution in [2.24, 2.45) is 0 Å². The van der Waals surface area contributed by atoms with Crippen molar-refractivity contribution in [2.45, 2.75) is 35.5 Å². The number of nitrogen functional groups attached to an aromatic ring is 3. The number of fused-ring (bicyclic) bond motifs is 3. The van der Waals surface area contributed by atoms with Gasteiger partial charge in [-0.2, -0.15) is 25.3 Å². The monoisotopic (exact) mass is 759 g/mol. The zero-order chi connectivity index (χ0) is 38.4. The molecular weight excluding hydrogens is 727 g/mol. The first-order chi connectivity index (χ1) is 23.4. The van der Waals surface area contributed by atoms with Crippen LogP contribution in [-0.4, -0.2) is 54.2 Å². The highest BCUT2D eigenvalue weighted by atomic mass is 32.2. The predicted octanol–water partition coefficient (Wildman–Crippen LogP) is 5.05. The van der Waals surface area contributed by atoms with E-state index >= 15 is 0 Å². The van der Waals surface area contributed by atoms with Crippen molar-refractivity contribution in [1.29, 1.82) is 0 Å². The number of rotatable bonds is 3. The summed E-state index contributed by atoms with van der Waals surface area (Å²) >= 11 is 0. The quantitative estimate of drug-likeness (QED) is 0.0842. The Balaban J connectivity index is 0.000000172. The van der Waals surface area contributed by atoms with Crippen LogP contribution in [-0.2, 0) is 30.4 Å². The van der Waals surface area contributed by atoms with Crippen molar-refractivity contribution in [1.82, 2.24) is 0 Å². The van der Waals surface area contributed by atoms with Crippen molar-refractivity contribution in [3.63, 3.8) is 0 Å². The molecule has 6 aromatic carbocycles. The summed E-state index contributed by atoms with van der Waals surface area (Å²) in [6.45, 7) is 5.23. The van der Waals surface area contributed by atoms with E-state index in [2.05, 4.69) is 0 Å². The Labute approximate surface area is 292 Å². The van der Waals surface area contributed by atoms with Crippen LogP contribution in [0.2, 0.25) is 0 Å². The summed E-state index contributed by atoms with van der Waals surface area (Å²) < 4.78 is 93.7. The lowest BCUT2D eigenvalue weighted by Gasteiger charge is -2.09. The Morgan fingerprint density at radius 2 is 0.961 bits per heavy atom. The summed E-state index contributed by atoms with van der Waals surface area (Å²) in [5.74, 6) is -0.101. The second-order valence-corrected chi connectivity index (χ2v) is 15.8. The number of phenols is 3. The van der Waals surface area contributed by atoms with Gasteiger partial charge in [-0.15, -0.1) is 0 Å². The average molecular weight is 760 g/mol. The molecule has 15 nitrogen and oxygen atoms in total. The molecule has 6 aromatic rings. The Kier molecular flexibility index (Phi) is 10.4. The molecule has 12 N–H and O–H groups in total. The van der Waals surface area contributed by atoms with Crippen LogP contribution in [0, 0.1) is 20.8 Å². The Hall–Kier alpha value is -5.37. The number of aryl methyl sites for hydroxylation is 3. The van der Waals surface area contributed by atoms with Gasteiger partial charge in [-0.3, -0.25) is 13.7 Å². The van der Waals surface area contributed by atoms with Crippen LogP contribution in [0.5, 0.6) is 17.2 Å². The van der Waals surface area contributed by atoms with Crippen LogP contribution in [0.1, 0.15) is 16.7 Å². The summed E-state index contributed by atoms with van der Waals surface area (Å²) in [5, 5.41) is 31.4. The normalized spacial score (nSPS) is 11.9. The summed E-state index contributed by atoms with van der Waals surface area (Å²) in [6, 6.07) is 17.0. The van der Waals surface area contributed by atoms with Crippen molar-refractivity contribution in [3.05, 3.63) is 89.5 Å². The van der Waals surface area contributed by atoms with Crippen molar-refractivity contribution in [3.8, 4) is 17.2 Å². The summed E-state index contributed by atoms with van der Waals surface area (Å²) in [4.78, 5) is -0.900. The summed E-state index contributed by atoms with van der Waals surface area (Å²) in [5.41, 5.74) is 19.4. The number of hydrogen-bond donors (Lipinski definition) is 9. The molecule has 0 aromatic heterocycles. The topological polar surface area (TPSA) is 302 Å². The number of phenolic OH excluding ortho intramolecular Hbond substituents is 3. The fraction of sp³-hybridized carbons (Fsp3) is 0.0909. The van der Waals surface area contributed by atoms with E-state index in [1.807, 2.05) is 0 Å². The maximum atomic E-state index is 11.2. The fourth-order valence-electron chi connectivity index (χ4n) is 5.38. The first-order valence-electron chi connectivity index (χ1n) is 14.4. The van der Waals surface area contributed by atoms with Gasteiger partial charge in [0, 0.05) is 32.9 Å². The molecule has 270 valence electrons. The van der Waals surface area contributed by atoms with Crippen LogP contribution in [0.15, 0.2) is 87.5 Å². The first kappa shape index (κ1) is 38.4. The van der Waals surface area contributed by atoms with Gasteiger partial charge < -0.3 is 32.5 Å². The fourth-order valence-corrected chi connectivity index (χ4v) is 7.24. The number of nitrogens with two attached hydrogens (primary N) is 3. The Bertz CT molecular complexity index is 2720. The van der Waals surface area contributed by atoms with Crippen LogP contribution in [0.3, 0.4) is 0 Å². The molecule has 0 saturated heterocycles. The van der Waals surface area contributed by atoms with Crippen molar-refractivity contribution in [2.75, 3.05) is 17.2 Å². The van der Waals surface area contributed by atoms with Gasteiger partial charge in [-0.1, -0.05) is 12.1 Å². The molecule has 0 saturated carbocycles. The minimum atomic E-state index is -4.36. The van der Waals surface area contributed by atoms with Gasteiger partial charge in [0.1, 0.15) is 27.0 Å². The van der Waals surface area contributed by atoms with Gasteiger partial charge in [0.2, 0.25) is 0 Å². The van der Waals surface area contributed by atoms with Gasteiger partial charge >= 0.3 is 0 Å². The van der Waals surface area contributed by atoms with Crippen LogP contribution >= 0.6 is 0 Å². The SMILES string of the molecule is Cc1cc(O)c2c(N)cc(S(=O)(=O)O)cc2c1.Cc1cc(O)c2c(N)ccc(S(=O)(=O)O)c2c1.Cc1cc(O)c2cc(N)c(S(=O)(=O)O)cc2c1. The van der Waals surface area contributed by atoms with E-state index in [1.54, 1.807) is 45.0 Å². The zero-order valence-electron chi connectivity index (χ0n) is 27.0. The molecule has 18 heteroatoms. The highest BCUT2D eigenvalue weighted by Gasteiger charge is 2.18. The highest BCUT2D eigenvalue weighted by molar-refractivity contribution is 7.86. The number of hydrogen-bond acceptors (Lipinski definition) is 12. The largest absolute Gasteiger partial charge is 0.507 e. The third-order valence-electron chi connectivity index (χ3n) is 7.47. The standard InChI is InChI=1S/3C11H11NO4S/c1-6-2-7-4-11(17(14,15)16)9(12)5-8(7)10(13)3-6;1-6-2-7-4-8(17(14,15)16)5-9(12)11(7)10(13)3-6;1-6-4-7-10(17(14,15)16)3-2-8(12)11(7)9(13)5-6/h3*2-5,13H,12H2,1H3,(H,14,15,16). The highest BCUT2D eigenvalue weighted by Crippen LogP contribution is 2.36. The number of benzene rings is 6. The van der Waals surface area contributed by atoms with E-state index in [1.165, 1.54) is 42.5 Å². The molecule has 0 fully saturated rings. The Morgan fingerprint density at radius 3 is 1.51 bits per heavy atom. The molecule has 51 heavy (non-hydrogen) atoms. The Morgan fingerprint density at radius 1 is 0.451 bits per heavy atom. The molecule has 6 rings (SSSR count). The van der Waals surface area contributed by atoms with Crippen molar-refractivity contribution >= 4 is 79.7 Å². The van der Waals surface area contributed by atoms with Gasteiger partial charge in [0.05, 0.1) is 10.6 Å². The lowest BCUT2D eigenvalue weighted by molar-refractivity contribution is 0.479. The summed E-state index contributed by atoms with van der Waals surface area (Å²) in [6.07, 6.45) is 0. The third-order valence-corrected chi connectivity index (χ3v) is 10.1. The third kappa shape index (κ3) is 8.51. The molecular formula is C33H33N3O12S3. The van der Waals surface area contributed by atoms with Gasteiger partial charge in [0.25, 0.3) is 30.4 Å². The maximum Gasteiger partial charge on any atom is 0.296 e. The first-order valence-corrected chi connectivity index (χ1v) is 18.7. The number of aromatic hydroxyl groups is 3. The molecule has 0 aliphatic carbocycles. The molecule has 0 amide bonds. The molecule has 0 radical (unpaired) electrons. The zero-order valence-corrected chi connectivity index (χ0v) is 29.5. The van der Waals surface area contributed by atoms with E-state index in [0.717, 1.165) is 17.2 Å². The molecule has 0 heterocycles. The van der Waals surface area contributed by atoms with E-state index in [9.17, 15) is 40.6 Å². The van der Waals surface area contributed by atoms with Crippen LogP contribution in [0.25, 0.3) is 32.3 Å². The lowest BCUT2D eigenvalue weighted by Crippen LogP contribution is -2.03. The van der Waals surface area contributed by atoms with E-state index in [4.69, 9.17) is 30.9 Å². The smallest absolute Gasteiger partial charge is 0.296 e. The molecule has 0 aliphatic rings. The second kappa shape index (κ2) is 13.7. The summed E-state index contributed by atoms with van der Waals surface area (Å²) in [7, 11) is -13.0. The second-order valence-electron chi connectivity index (χ2n) is 11.6. The van der Waals surface area contributed by atoms with E-state index in [-0.39, 0.29) is 59.8 Å². The van der Waals surface area contributed by atoms with Crippen molar-refractivity contribution < 1.29 is 54.2 Å². The van der Waals surface area contributed by atoms with Gasteiger partial charge in [0.15, 0.2) is 0 Å². The lowest BCUT2D eigenvalue weighted by atomic mass is 10.0. The van der Waals surface area contributed by atoms with Gasteiger partial charge in [-0.05, 0) is 109 Å². The minimum absolute atomic E-state index is 0.0145. The van der Waals surface area contributed by atoms with E-state index in [0.29, 0.717) is 27.1 Å². The molecule has 0 aliphatic heterocycles. The molecule has 0 spiro atoms. The maximum absolute atomic E-state index is 11.2. The number of anilines is 3. The van der Waals surface area contributed by atoms with Crippen LogP contribution in [0.4, 0.5) is 17.1 Å². The van der Waals surface area contributed by atoms with Gasteiger partial charge in [-0.25, -0.2) is 0 Å². The molecule has 0 atom stereocenters. The van der Waals surface area contributed by atoms with Crippen LogP contribution < -0.4 is 17.2 Å². The predicted molar refractivity (Wildman–Crippen MR) is 194 cm³/mol. The minimum Gasteiger partial charge on any atom is -0.507 e. The average Bonchev–Trinajstić information content (AvgIpc) is 2.95. The van der Waals surface area contributed by atoms with E-state index < -0.39 is 30.4 Å².